The number of ether oxygens (including phenoxy) is 3. The first-order valence-electron chi connectivity index (χ1n) is 12.1. The highest BCUT2D eigenvalue weighted by molar-refractivity contribution is 6.46. The second-order valence-electron chi connectivity index (χ2n) is 8.70. The third kappa shape index (κ3) is 5.61. The van der Waals surface area contributed by atoms with E-state index in [1.165, 1.54) is 0 Å². The summed E-state index contributed by atoms with van der Waals surface area (Å²) >= 11 is 0. The van der Waals surface area contributed by atoms with E-state index in [2.05, 4.69) is 11.5 Å². The summed E-state index contributed by atoms with van der Waals surface area (Å²) in [5.74, 6) is -0.310. The van der Waals surface area contributed by atoms with Crippen molar-refractivity contribution in [1.29, 1.82) is 0 Å². The van der Waals surface area contributed by atoms with Crippen molar-refractivity contribution in [2.24, 2.45) is 0 Å². The number of Topliss-reactive ketones (excluding diaryl/α,β-unsaturated/α-hetero) is 1. The van der Waals surface area contributed by atoms with Gasteiger partial charge in [-0.3, -0.25) is 14.5 Å². The second-order valence-corrected chi connectivity index (χ2v) is 8.70. The van der Waals surface area contributed by atoms with Crippen LogP contribution in [0, 0.1) is 0 Å². The fourth-order valence-corrected chi connectivity index (χ4v) is 4.58. The third-order valence-corrected chi connectivity index (χ3v) is 6.42. The summed E-state index contributed by atoms with van der Waals surface area (Å²) in [7, 11) is 1.55. The number of nitrogens with zero attached hydrogens (tertiary/aromatic N) is 2. The monoisotopic (exact) mass is 492 g/mol. The van der Waals surface area contributed by atoms with E-state index >= 15 is 0 Å². The van der Waals surface area contributed by atoms with E-state index in [0.29, 0.717) is 55.4 Å². The first-order valence-corrected chi connectivity index (χ1v) is 12.1. The summed E-state index contributed by atoms with van der Waals surface area (Å²) in [6.07, 6.45) is 2.34. The summed E-state index contributed by atoms with van der Waals surface area (Å²) in [6.45, 7) is 8.27. The Labute approximate surface area is 211 Å². The Morgan fingerprint density at radius 3 is 2.56 bits per heavy atom. The number of aliphatic hydroxyl groups excluding tert-OH is 1. The van der Waals surface area contributed by atoms with Crippen molar-refractivity contribution in [3.05, 3.63) is 77.9 Å². The number of amides is 1. The van der Waals surface area contributed by atoms with Crippen LogP contribution in [0.4, 0.5) is 0 Å². The largest absolute Gasteiger partial charge is 0.507 e. The highest BCUT2D eigenvalue weighted by Gasteiger charge is 2.46. The predicted molar refractivity (Wildman–Crippen MR) is 136 cm³/mol. The number of benzene rings is 2. The molecule has 2 aliphatic heterocycles. The number of carbonyl (C=O) groups excluding carboxylic acids is 2. The first kappa shape index (κ1) is 25.5. The zero-order valence-corrected chi connectivity index (χ0v) is 20.5. The number of hydrogen-bond donors (Lipinski definition) is 1. The molecule has 2 aromatic rings. The van der Waals surface area contributed by atoms with Crippen LogP contribution in [0.3, 0.4) is 0 Å². The van der Waals surface area contributed by atoms with Gasteiger partial charge in [0.05, 0.1) is 31.9 Å². The lowest BCUT2D eigenvalue weighted by Gasteiger charge is -2.29. The first-order chi connectivity index (χ1) is 17.5. The highest BCUT2D eigenvalue weighted by atomic mass is 16.5. The van der Waals surface area contributed by atoms with Crippen LogP contribution in [-0.2, 0) is 14.3 Å². The highest BCUT2D eigenvalue weighted by Crippen LogP contribution is 2.40. The fourth-order valence-electron chi connectivity index (χ4n) is 4.58. The lowest BCUT2D eigenvalue weighted by molar-refractivity contribution is -0.140. The number of aliphatic hydroxyl groups is 1. The zero-order valence-electron chi connectivity index (χ0n) is 20.5. The molecule has 0 spiro atoms. The van der Waals surface area contributed by atoms with Crippen molar-refractivity contribution >= 4 is 17.4 Å². The molecule has 0 aliphatic carbocycles. The van der Waals surface area contributed by atoms with Crippen LogP contribution in [0.25, 0.3) is 5.76 Å². The number of hydrogen-bond acceptors (Lipinski definition) is 7. The third-order valence-electron chi connectivity index (χ3n) is 6.42. The van der Waals surface area contributed by atoms with E-state index in [1.54, 1.807) is 54.5 Å². The molecule has 1 N–H and O–H groups in total. The van der Waals surface area contributed by atoms with Gasteiger partial charge in [-0.25, -0.2) is 0 Å². The standard InChI is InChI=1S/C28H32N2O6/c1-3-16-36-23-7-4-6-21(19-23)25-24(26(31)20-8-10-22(34-2)11-9-20)27(32)28(33)30(25)13-5-12-29-14-17-35-18-15-29/h3-4,6-11,19,25,31H,1,5,12-18H2,2H3/b26-24+. The molecular weight excluding hydrogens is 460 g/mol. The Balaban J connectivity index is 1.68. The molecule has 1 unspecified atom stereocenters. The van der Waals surface area contributed by atoms with Crippen LogP contribution >= 0.6 is 0 Å². The zero-order chi connectivity index (χ0) is 25.5. The molecule has 2 aromatic carbocycles. The van der Waals surface area contributed by atoms with Gasteiger partial charge >= 0.3 is 0 Å². The van der Waals surface area contributed by atoms with Crippen molar-refractivity contribution in [3.8, 4) is 11.5 Å². The normalized spacial score (nSPS) is 19.9. The molecule has 8 heteroatoms. The van der Waals surface area contributed by atoms with Crippen LogP contribution in [0.5, 0.6) is 11.5 Å². The van der Waals surface area contributed by atoms with Gasteiger partial charge in [-0.2, -0.15) is 0 Å². The number of rotatable bonds is 10. The van der Waals surface area contributed by atoms with Crippen molar-refractivity contribution in [1.82, 2.24) is 9.80 Å². The Bertz CT molecular complexity index is 1120. The molecule has 0 aromatic heterocycles. The molecule has 1 amide bonds. The van der Waals surface area contributed by atoms with Gasteiger partial charge in [0.2, 0.25) is 0 Å². The van der Waals surface area contributed by atoms with Crippen LogP contribution in [-0.4, -0.2) is 79.7 Å². The fraction of sp³-hybridized carbons (Fsp3) is 0.357. The maximum atomic E-state index is 13.3. The smallest absolute Gasteiger partial charge is 0.295 e. The summed E-state index contributed by atoms with van der Waals surface area (Å²) in [5.41, 5.74) is 1.20. The minimum absolute atomic E-state index is 0.0670. The molecule has 1 atom stereocenters. The van der Waals surface area contributed by atoms with Crippen molar-refractivity contribution in [2.45, 2.75) is 12.5 Å². The molecule has 0 bridgehead atoms. The van der Waals surface area contributed by atoms with Crippen LogP contribution in [0.1, 0.15) is 23.6 Å². The minimum atomic E-state index is -0.732. The quantitative estimate of drug-likeness (QED) is 0.235. The number of methoxy groups -OCH3 is 1. The molecule has 0 radical (unpaired) electrons. The Hall–Kier alpha value is -3.62. The number of ketones is 1. The predicted octanol–water partition coefficient (Wildman–Crippen LogP) is 3.40. The lowest BCUT2D eigenvalue weighted by atomic mass is 9.95. The van der Waals surface area contributed by atoms with Crippen molar-refractivity contribution in [2.75, 3.05) is 53.1 Å². The second kappa shape index (κ2) is 11.9. The van der Waals surface area contributed by atoms with E-state index in [-0.39, 0.29) is 11.3 Å². The molecule has 2 saturated heterocycles. The topological polar surface area (TPSA) is 88.5 Å². The molecule has 8 nitrogen and oxygen atoms in total. The Morgan fingerprint density at radius 2 is 1.86 bits per heavy atom. The average Bonchev–Trinajstić information content (AvgIpc) is 3.17. The minimum Gasteiger partial charge on any atom is -0.507 e. The van der Waals surface area contributed by atoms with Gasteiger partial charge in [0.1, 0.15) is 23.9 Å². The molecular formula is C28H32N2O6. The van der Waals surface area contributed by atoms with E-state index in [0.717, 1.165) is 19.6 Å². The molecule has 2 aliphatic rings. The SMILES string of the molecule is C=CCOc1cccc(C2/C(=C(\O)c3ccc(OC)cc3)C(=O)C(=O)N2CCCN2CCOCC2)c1. The number of carbonyl (C=O) groups is 2. The van der Waals surface area contributed by atoms with Gasteiger partial charge in [0.25, 0.3) is 11.7 Å². The van der Waals surface area contributed by atoms with E-state index in [4.69, 9.17) is 14.2 Å². The van der Waals surface area contributed by atoms with Gasteiger partial charge < -0.3 is 24.2 Å². The molecule has 2 heterocycles. The Kier molecular flexibility index (Phi) is 8.40. The molecule has 0 saturated carbocycles. The van der Waals surface area contributed by atoms with Gasteiger partial charge in [-0.05, 0) is 48.4 Å². The number of morpholine rings is 1. The summed E-state index contributed by atoms with van der Waals surface area (Å²) in [6, 6.07) is 13.3. The van der Waals surface area contributed by atoms with Gasteiger partial charge in [0, 0.05) is 31.7 Å². The molecule has 2 fully saturated rings. The van der Waals surface area contributed by atoms with Crippen molar-refractivity contribution < 1.29 is 28.9 Å². The molecule has 4 rings (SSSR count). The lowest BCUT2D eigenvalue weighted by Crippen LogP contribution is -2.38. The summed E-state index contributed by atoms with van der Waals surface area (Å²) in [5, 5.41) is 11.2. The maximum Gasteiger partial charge on any atom is 0.295 e. The average molecular weight is 493 g/mol. The number of likely N-dealkylation sites (tertiary alicyclic amines) is 1. The van der Waals surface area contributed by atoms with Crippen LogP contribution in [0.2, 0.25) is 0 Å². The van der Waals surface area contributed by atoms with Crippen LogP contribution in [0.15, 0.2) is 66.8 Å². The van der Waals surface area contributed by atoms with E-state index < -0.39 is 17.7 Å². The maximum absolute atomic E-state index is 13.3. The van der Waals surface area contributed by atoms with Gasteiger partial charge in [0.15, 0.2) is 0 Å². The van der Waals surface area contributed by atoms with E-state index in [1.807, 2.05) is 12.1 Å². The molecule has 36 heavy (non-hydrogen) atoms. The summed E-state index contributed by atoms with van der Waals surface area (Å²) in [4.78, 5) is 30.3. The summed E-state index contributed by atoms with van der Waals surface area (Å²) < 4.78 is 16.3. The van der Waals surface area contributed by atoms with Gasteiger partial charge in [-0.1, -0.05) is 24.8 Å². The van der Waals surface area contributed by atoms with Crippen LogP contribution < -0.4 is 9.47 Å². The molecule has 190 valence electrons. The Morgan fingerprint density at radius 1 is 1.11 bits per heavy atom. The van der Waals surface area contributed by atoms with Gasteiger partial charge in [-0.15, -0.1) is 0 Å². The van der Waals surface area contributed by atoms with E-state index in [9.17, 15) is 14.7 Å². The van der Waals surface area contributed by atoms with Crippen molar-refractivity contribution in [3.63, 3.8) is 0 Å².